The van der Waals surface area contributed by atoms with Gasteiger partial charge in [-0.15, -0.1) is 11.3 Å². The second-order valence-corrected chi connectivity index (χ2v) is 4.75. The first-order valence-corrected chi connectivity index (χ1v) is 5.67. The molecular formula is C10H12N2O2S. The largest absolute Gasteiger partial charge is 0.366 e. The summed E-state index contributed by atoms with van der Waals surface area (Å²) in [6.07, 6.45) is 3.90. The number of rotatable bonds is 2. The van der Waals surface area contributed by atoms with Crippen LogP contribution >= 0.6 is 11.3 Å². The summed E-state index contributed by atoms with van der Waals surface area (Å²) >= 11 is 1.32. The van der Waals surface area contributed by atoms with Gasteiger partial charge in [-0.1, -0.05) is 0 Å². The van der Waals surface area contributed by atoms with Crippen molar-refractivity contribution in [3.63, 3.8) is 0 Å². The molecule has 0 saturated carbocycles. The van der Waals surface area contributed by atoms with E-state index in [2.05, 4.69) is 0 Å². The van der Waals surface area contributed by atoms with Gasteiger partial charge in [0.2, 0.25) is 0 Å². The number of carbonyl (C=O) groups is 2. The second kappa shape index (κ2) is 3.66. The number of thiophene rings is 1. The molecule has 5 heteroatoms. The van der Waals surface area contributed by atoms with E-state index in [4.69, 9.17) is 11.5 Å². The molecule has 0 atom stereocenters. The lowest BCUT2D eigenvalue weighted by molar-refractivity contribution is 0.0970. The Bertz CT molecular complexity index is 437. The molecule has 0 aromatic carbocycles. The van der Waals surface area contributed by atoms with Gasteiger partial charge < -0.3 is 11.5 Å². The Kier molecular flexibility index (Phi) is 2.48. The van der Waals surface area contributed by atoms with Crippen molar-refractivity contribution in [3.05, 3.63) is 20.9 Å². The fourth-order valence-corrected chi connectivity index (χ4v) is 3.25. The number of amides is 2. The van der Waals surface area contributed by atoms with Crippen molar-refractivity contribution in [2.24, 2.45) is 11.5 Å². The van der Waals surface area contributed by atoms with Crippen LogP contribution in [0.2, 0.25) is 0 Å². The van der Waals surface area contributed by atoms with Gasteiger partial charge in [0.05, 0.1) is 5.56 Å². The van der Waals surface area contributed by atoms with Crippen LogP contribution in [0.5, 0.6) is 0 Å². The predicted octanol–water partition coefficient (Wildman–Crippen LogP) is 0.825. The standard InChI is InChI=1S/C10H12N2O2S/c11-9(13)7-5-3-1-2-4-6(5)15-8(7)10(12)14/h1-4H2,(H2,11,13)(H2,12,14). The quantitative estimate of drug-likeness (QED) is 0.779. The Morgan fingerprint density at radius 1 is 1.07 bits per heavy atom. The molecule has 4 N–H and O–H groups in total. The van der Waals surface area contributed by atoms with Crippen molar-refractivity contribution in [2.45, 2.75) is 25.7 Å². The van der Waals surface area contributed by atoms with E-state index in [-0.39, 0.29) is 0 Å². The van der Waals surface area contributed by atoms with E-state index in [0.717, 1.165) is 36.1 Å². The van der Waals surface area contributed by atoms with Crippen molar-refractivity contribution in [2.75, 3.05) is 0 Å². The SMILES string of the molecule is NC(=O)c1sc2c(c1C(N)=O)CCCC2. The normalized spacial score (nSPS) is 14.7. The van der Waals surface area contributed by atoms with Gasteiger partial charge in [0.25, 0.3) is 11.8 Å². The zero-order valence-corrected chi connectivity index (χ0v) is 9.02. The van der Waals surface area contributed by atoms with Crippen molar-refractivity contribution in [1.29, 1.82) is 0 Å². The maximum absolute atomic E-state index is 11.3. The molecule has 1 aromatic heterocycles. The van der Waals surface area contributed by atoms with E-state index in [0.29, 0.717) is 10.4 Å². The van der Waals surface area contributed by atoms with Crippen LogP contribution in [0, 0.1) is 0 Å². The Hall–Kier alpha value is -1.36. The minimum atomic E-state index is -0.553. The minimum Gasteiger partial charge on any atom is -0.366 e. The highest BCUT2D eigenvalue weighted by atomic mass is 32.1. The highest BCUT2D eigenvalue weighted by Crippen LogP contribution is 2.33. The molecule has 0 aliphatic heterocycles. The monoisotopic (exact) mass is 224 g/mol. The Morgan fingerprint density at radius 3 is 2.33 bits per heavy atom. The Morgan fingerprint density at radius 2 is 1.73 bits per heavy atom. The summed E-state index contributed by atoms with van der Waals surface area (Å²) in [6, 6.07) is 0. The van der Waals surface area contributed by atoms with Gasteiger partial charge in [-0.3, -0.25) is 9.59 Å². The molecule has 1 heterocycles. The van der Waals surface area contributed by atoms with E-state index in [1.807, 2.05) is 0 Å². The zero-order valence-electron chi connectivity index (χ0n) is 8.21. The molecule has 0 fully saturated rings. The molecule has 2 amide bonds. The number of hydrogen-bond donors (Lipinski definition) is 2. The number of hydrogen-bond acceptors (Lipinski definition) is 3. The lowest BCUT2D eigenvalue weighted by Gasteiger charge is -2.10. The van der Waals surface area contributed by atoms with Crippen molar-refractivity contribution >= 4 is 23.2 Å². The highest BCUT2D eigenvalue weighted by molar-refractivity contribution is 7.14. The maximum atomic E-state index is 11.3. The number of primary amides is 2. The molecule has 4 nitrogen and oxygen atoms in total. The number of nitrogens with two attached hydrogens (primary N) is 2. The predicted molar refractivity (Wildman–Crippen MR) is 58.0 cm³/mol. The van der Waals surface area contributed by atoms with Gasteiger partial charge in [-0.2, -0.15) is 0 Å². The van der Waals surface area contributed by atoms with Gasteiger partial charge in [0, 0.05) is 4.88 Å². The van der Waals surface area contributed by atoms with Crippen LogP contribution in [0.4, 0.5) is 0 Å². The molecule has 1 aliphatic carbocycles. The van der Waals surface area contributed by atoms with Gasteiger partial charge in [-0.25, -0.2) is 0 Å². The minimum absolute atomic E-state index is 0.328. The Balaban J connectivity index is 2.61. The van der Waals surface area contributed by atoms with E-state index < -0.39 is 11.8 Å². The van der Waals surface area contributed by atoms with Crippen molar-refractivity contribution in [3.8, 4) is 0 Å². The first-order valence-electron chi connectivity index (χ1n) is 4.85. The molecule has 15 heavy (non-hydrogen) atoms. The molecule has 0 bridgehead atoms. The third-order valence-corrected chi connectivity index (χ3v) is 3.95. The van der Waals surface area contributed by atoms with Crippen LogP contribution in [-0.2, 0) is 12.8 Å². The number of carbonyl (C=O) groups excluding carboxylic acids is 2. The Labute approximate surface area is 91.3 Å². The molecule has 2 rings (SSSR count). The van der Waals surface area contributed by atoms with Crippen LogP contribution in [0.25, 0.3) is 0 Å². The first-order chi connectivity index (χ1) is 7.11. The van der Waals surface area contributed by atoms with E-state index in [1.165, 1.54) is 11.3 Å². The fourth-order valence-electron chi connectivity index (χ4n) is 2.00. The van der Waals surface area contributed by atoms with Crippen LogP contribution in [-0.4, -0.2) is 11.8 Å². The smallest absolute Gasteiger partial charge is 0.259 e. The highest BCUT2D eigenvalue weighted by Gasteiger charge is 2.25. The topological polar surface area (TPSA) is 86.2 Å². The lowest BCUT2D eigenvalue weighted by atomic mass is 9.94. The third-order valence-electron chi connectivity index (χ3n) is 2.64. The van der Waals surface area contributed by atoms with Crippen LogP contribution < -0.4 is 11.5 Å². The van der Waals surface area contributed by atoms with Gasteiger partial charge in [0.1, 0.15) is 4.88 Å². The summed E-state index contributed by atoms with van der Waals surface area (Å²) < 4.78 is 0. The molecule has 0 saturated heterocycles. The first kappa shape index (κ1) is 10.2. The summed E-state index contributed by atoms with van der Waals surface area (Å²) in [5, 5.41) is 0. The molecule has 80 valence electrons. The molecule has 1 aliphatic rings. The molecule has 1 aromatic rings. The number of aryl methyl sites for hydroxylation is 1. The number of fused-ring (bicyclic) bond motifs is 1. The van der Waals surface area contributed by atoms with E-state index in [1.54, 1.807) is 0 Å². The van der Waals surface area contributed by atoms with Crippen LogP contribution in [0.1, 0.15) is 43.3 Å². The molecule has 0 radical (unpaired) electrons. The molecule has 0 spiro atoms. The molecule has 0 unspecified atom stereocenters. The van der Waals surface area contributed by atoms with E-state index in [9.17, 15) is 9.59 Å². The zero-order chi connectivity index (χ0) is 11.0. The van der Waals surface area contributed by atoms with Crippen molar-refractivity contribution < 1.29 is 9.59 Å². The van der Waals surface area contributed by atoms with Crippen molar-refractivity contribution in [1.82, 2.24) is 0 Å². The fraction of sp³-hybridized carbons (Fsp3) is 0.400. The summed E-state index contributed by atoms with van der Waals surface area (Å²) in [6.45, 7) is 0. The lowest BCUT2D eigenvalue weighted by Crippen LogP contribution is -2.20. The second-order valence-electron chi connectivity index (χ2n) is 3.64. The summed E-state index contributed by atoms with van der Waals surface area (Å²) in [4.78, 5) is 23.9. The average Bonchev–Trinajstić information content (AvgIpc) is 2.56. The summed E-state index contributed by atoms with van der Waals surface area (Å²) in [5.74, 6) is -1.09. The van der Waals surface area contributed by atoms with E-state index >= 15 is 0 Å². The van der Waals surface area contributed by atoms with Gasteiger partial charge >= 0.3 is 0 Å². The molecular weight excluding hydrogens is 212 g/mol. The van der Waals surface area contributed by atoms with Crippen LogP contribution in [0.15, 0.2) is 0 Å². The summed E-state index contributed by atoms with van der Waals surface area (Å²) in [7, 11) is 0. The van der Waals surface area contributed by atoms with Crippen LogP contribution in [0.3, 0.4) is 0 Å². The van der Waals surface area contributed by atoms with Gasteiger partial charge in [-0.05, 0) is 31.2 Å². The van der Waals surface area contributed by atoms with Gasteiger partial charge in [0.15, 0.2) is 0 Å². The third kappa shape index (κ3) is 1.63. The average molecular weight is 224 g/mol. The summed E-state index contributed by atoms with van der Waals surface area (Å²) in [5.41, 5.74) is 11.8. The maximum Gasteiger partial charge on any atom is 0.259 e.